The normalized spacial score (nSPS) is 16.0. The van der Waals surface area contributed by atoms with Crippen molar-refractivity contribution in [2.45, 2.75) is 6.42 Å². The predicted molar refractivity (Wildman–Crippen MR) is 99.9 cm³/mol. The molecule has 0 bridgehead atoms. The molecular formula is C20H22N4O2. The van der Waals surface area contributed by atoms with Crippen LogP contribution in [0.25, 0.3) is 21.9 Å². The number of morpholine rings is 1. The zero-order valence-electron chi connectivity index (χ0n) is 15.8. The van der Waals surface area contributed by atoms with Crippen LogP contribution in [-0.4, -0.2) is 58.3 Å². The summed E-state index contributed by atoms with van der Waals surface area (Å²) in [4.78, 5) is 18.9. The number of benzene rings is 1. The Kier molecular flexibility index (Phi) is 4.43. The standard InChI is InChI=1S/C20H22N4O2/c1-23-13-18(12-22-23)15-2-3-16-11-21-19(9-17(16)8-15)10-20(25)14-24-4-6-26-7-5-24/h2-3,8-9,11-13H,4-7,10,14H2,1H3/i9D. The lowest BCUT2D eigenvalue weighted by Gasteiger charge is -2.25. The van der Waals surface area contributed by atoms with Crippen molar-refractivity contribution < 1.29 is 10.9 Å². The van der Waals surface area contributed by atoms with Crippen LogP contribution in [0.3, 0.4) is 0 Å². The van der Waals surface area contributed by atoms with Crippen LogP contribution >= 0.6 is 0 Å². The minimum absolute atomic E-state index is 0.0839. The van der Waals surface area contributed by atoms with Crippen LogP contribution in [0.5, 0.6) is 0 Å². The number of aryl methyl sites for hydroxylation is 1. The van der Waals surface area contributed by atoms with Gasteiger partial charge in [-0.1, -0.05) is 12.1 Å². The monoisotopic (exact) mass is 351 g/mol. The van der Waals surface area contributed by atoms with Gasteiger partial charge in [0, 0.05) is 49.2 Å². The first-order valence-corrected chi connectivity index (χ1v) is 8.79. The fraction of sp³-hybridized carbons (Fsp3) is 0.350. The number of carbonyl (C=O) groups excluding carboxylic acids is 1. The summed E-state index contributed by atoms with van der Waals surface area (Å²) in [5.74, 6) is 0.0839. The molecule has 3 heterocycles. The van der Waals surface area contributed by atoms with E-state index in [-0.39, 0.29) is 12.2 Å². The summed E-state index contributed by atoms with van der Waals surface area (Å²) in [6.07, 6.45) is 5.68. The number of nitrogens with zero attached hydrogens (tertiary/aromatic N) is 4. The van der Waals surface area contributed by atoms with E-state index in [9.17, 15) is 4.79 Å². The summed E-state index contributed by atoms with van der Waals surface area (Å²) in [6, 6.07) is 6.27. The molecule has 0 atom stereocenters. The number of ketones is 1. The molecule has 0 radical (unpaired) electrons. The minimum atomic E-state index is 0.0839. The van der Waals surface area contributed by atoms with Gasteiger partial charge in [0.25, 0.3) is 0 Å². The largest absolute Gasteiger partial charge is 0.379 e. The van der Waals surface area contributed by atoms with E-state index in [0.717, 1.165) is 35.0 Å². The average Bonchev–Trinajstić information content (AvgIpc) is 3.11. The highest BCUT2D eigenvalue weighted by molar-refractivity contribution is 5.88. The molecule has 3 aromatic rings. The molecule has 0 amide bonds. The van der Waals surface area contributed by atoms with Gasteiger partial charge in [-0.3, -0.25) is 19.4 Å². The zero-order valence-corrected chi connectivity index (χ0v) is 14.8. The molecule has 1 fully saturated rings. The fourth-order valence-electron chi connectivity index (χ4n) is 3.20. The molecule has 0 saturated carbocycles. The molecule has 6 nitrogen and oxygen atoms in total. The van der Waals surface area contributed by atoms with Crippen molar-refractivity contribution in [1.29, 1.82) is 0 Å². The molecule has 26 heavy (non-hydrogen) atoms. The van der Waals surface area contributed by atoms with Gasteiger partial charge in [-0.05, 0) is 23.1 Å². The van der Waals surface area contributed by atoms with Crippen molar-refractivity contribution in [2.24, 2.45) is 7.05 Å². The van der Waals surface area contributed by atoms with Crippen molar-refractivity contribution >= 4 is 16.6 Å². The van der Waals surface area contributed by atoms with Gasteiger partial charge in [-0.2, -0.15) is 5.10 Å². The van der Waals surface area contributed by atoms with E-state index in [1.165, 1.54) is 0 Å². The van der Waals surface area contributed by atoms with Crippen LogP contribution in [0, 0.1) is 0 Å². The molecule has 1 aromatic carbocycles. The Morgan fingerprint density at radius 3 is 2.85 bits per heavy atom. The summed E-state index contributed by atoms with van der Waals surface area (Å²) in [7, 11) is 1.88. The summed E-state index contributed by atoms with van der Waals surface area (Å²) >= 11 is 0. The van der Waals surface area contributed by atoms with Crippen LogP contribution in [0.15, 0.2) is 42.8 Å². The van der Waals surface area contributed by atoms with Crippen LogP contribution in [0.1, 0.15) is 7.06 Å². The molecule has 1 aliphatic rings. The Bertz CT molecular complexity index is 979. The first-order chi connectivity index (χ1) is 13.1. The van der Waals surface area contributed by atoms with Crippen LogP contribution in [0.2, 0.25) is 0 Å². The molecule has 0 N–H and O–H groups in total. The lowest BCUT2D eigenvalue weighted by Crippen LogP contribution is -2.39. The van der Waals surface area contributed by atoms with E-state index >= 15 is 0 Å². The third-order valence-corrected chi connectivity index (χ3v) is 4.60. The molecule has 0 aliphatic carbocycles. The Labute approximate surface area is 153 Å². The van der Waals surface area contributed by atoms with E-state index in [0.29, 0.717) is 31.5 Å². The second-order valence-electron chi connectivity index (χ2n) is 6.64. The van der Waals surface area contributed by atoms with E-state index in [4.69, 9.17) is 6.11 Å². The van der Waals surface area contributed by atoms with Gasteiger partial charge in [0.2, 0.25) is 0 Å². The third-order valence-electron chi connectivity index (χ3n) is 4.60. The molecule has 134 valence electrons. The lowest BCUT2D eigenvalue weighted by molar-refractivity contribution is -0.120. The first kappa shape index (κ1) is 15.7. The van der Waals surface area contributed by atoms with E-state index < -0.39 is 0 Å². The van der Waals surface area contributed by atoms with Gasteiger partial charge in [-0.15, -0.1) is 0 Å². The molecule has 6 heteroatoms. The van der Waals surface area contributed by atoms with Crippen molar-refractivity contribution in [3.8, 4) is 11.1 Å². The van der Waals surface area contributed by atoms with Crippen molar-refractivity contribution in [3.63, 3.8) is 0 Å². The summed E-state index contributed by atoms with van der Waals surface area (Å²) in [5.41, 5.74) is 2.53. The SMILES string of the molecule is [2H]c1c(CC(=O)CN2CCOCC2)ncc2ccc(-c3cnn(C)c3)cc12. The van der Waals surface area contributed by atoms with Crippen molar-refractivity contribution in [1.82, 2.24) is 19.7 Å². The van der Waals surface area contributed by atoms with Crippen LogP contribution < -0.4 is 0 Å². The Morgan fingerprint density at radius 1 is 1.23 bits per heavy atom. The van der Waals surface area contributed by atoms with Gasteiger partial charge < -0.3 is 4.74 Å². The molecule has 1 aliphatic heterocycles. The Balaban J connectivity index is 1.57. The third kappa shape index (κ3) is 3.81. The number of fused-ring (bicyclic) bond motifs is 1. The van der Waals surface area contributed by atoms with Gasteiger partial charge in [-0.25, -0.2) is 0 Å². The second-order valence-corrected chi connectivity index (χ2v) is 6.64. The maximum Gasteiger partial charge on any atom is 0.152 e. The maximum atomic E-state index is 12.4. The van der Waals surface area contributed by atoms with Crippen molar-refractivity contribution in [2.75, 3.05) is 32.8 Å². The molecule has 0 unspecified atom stereocenters. The smallest absolute Gasteiger partial charge is 0.152 e. The lowest BCUT2D eigenvalue weighted by atomic mass is 10.0. The van der Waals surface area contributed by atoms with Gasteiger partial charge >= 0.3 is 0 Å². The van der Waals surface area contributed by atoms with E-state index in [1.54, 1.807) is 17.1 Å². The molecule has 4 rings (SSSR count). The van der Waals surface area contributed by atoms with Gasteiger partial charge in [0.15, 0.2) is 5.78 Å². The number of hydrogen-bond donors (Lipinski definition) is 0. The van der Waals surface area contributed by atoms with E-state index in [1.807, 2.05) is 31.4 Å². The number of Topliss-reactive ketones (excluding diaryl/α,β-unsaturated/α-hetero) is 1. The quantitative estimate of drug-likeness (QED) is 0.704. The molecule has 0 spiro atoms. The fourth-order valence-corrected chi connectivity index (χ4v) is 3.20. The predicted octanol–water partition coefficient (Wildman–Crippen LogP) is 2.08. The number of ether oxygens (including phenoxy) is 1. The number of rotatable bonds is 5. The molecule has 1 saturated heterocycles. The summed E-state index contributed by atoms with van der Waals surface area (Å²) in [5, 5.41) is 5.91. The first-order valence-electron chi connectivity index (χ1n) is 9.29. The highest BCUT2D eigenvalue weighted by Crippen LogP contribution is 2.24. The number of pyridine rings is 1. The topological polar surface area (TPSA) is 60.3 Å². The van der Waals surface area contributed by atoms with Crippen molar-refractivity contribution in [3.05, 3.63) is 48.5 Å². The van der Waals surface area contributed by atoms with Gasteiger partial charge in [0.05, 0.1) is 33.7 Å². The summed E-state index contributed by atoms with van der Waals surface area (Å²) < 4.78 is 15.6. The number of hydrogen-bond acceptors (Lipinski definition) is 5. The minimum Gasteiger partial charge on any atom is -0.379 e. The number of aromatic nitrogens is 3. The van der Waals surface area contributed by atoms with Crippen LogP contribution in [0.4, 0.5) is 0 Å². The summed E-state index contributed by atoms with van der Waals surface area (Å²) in [6.45, 7) is 3.28. The van der Waals surface area contributed by atoms with Gasteiger partial charge in [0.1, 0.15) is 0 Å². The zero-order chi connectivity index (χ0) is 18.8. The molecular weight excluding hydrogens is 328 g/mol. The Hall–Kier alpha value is -2.57. The average molecular weight is 351 g/mol. The Morgan fingerprint density at radius 2 is 2.08 bits per heavy atom. The van der Waals surface area contributed by atoms with Crippen LogP contribution in [-0.2, 0) is 23.0 Å². The number of carbonyl (C=O) groups is 1. The maximum absolute atomic E-state index is 12.4. The molecule has 2 aromatic heterocycles. The second kappa shape index (κ2) is 7.35. The highest BCUT2D eigenvalue weighted by atomic mass is 16.5. The highest BCUT2D eigenvalue weighted by Gasteiger charge is 2.15. The van der Waals surface area contributed by atoms with E-state index in [2.05, 4.69) is 15.0 Å².